The summed E-state index contributed by atoms with van der Waals surface area (Å²) in [7, 11) is 0. The summed E-state index contributed by atoms with van der Waals surface area (Å²) in [5.74, 6) is 0.927. The second kappa shape index (κ2) is 5.92. The van der Waals surface area contributed by atoms with Gasteiger partial charge in [0.15, 0.2) is 0 Å². The van der Waals surface area contributed by atoms with E-state index >= 15 is 0 Å². The van der Waals surface area contributed by atoms with Crippen LogP contribution in [0, 0.1) is 12.8 Å². The molecule has 0 bridgehead atoms. The Kier molecular flexibility index (Phi) is 4.02. The summed E-state index contributed by atoms with van der Waals surface area (Å²) in [6.07, 6.45) is 5.27. The molecule has 3 rings (SSSR count). The molecule has 1 unspecified atom stereocenters. The lowest BCUT2D eigenvalue weighted by atomic mass is 9.96. The van der Waals surface area contributed by atoms with Crippen LogP contribution in [0.15, 0.2) is 30.3 Å². The molecule has 2 aromatic rings. The molecule has 2 heteroatoms. The lowest BCUT2D eigenvalue weighted by Crippen LogP contribution is -2.23. The Morgan fingerprint density at radius 2 is 2.10 bits per heavy atom. The molecule has 0 spiro atoms. The number of aromatic nitrogens is 1. The molecule has 0 aliphatic heterocycles. The highest BCUT2D eigenvalue weighted by Gasteiger charge is 2.27. The van der Waals surface area contributed by atoms with Gasteiger partial charge in [-0.2, -0.15) is 0 Å². The smallest absolute Gasteiger partial charge is 0.0708 e. The van der Waals surface area contributed by atoms with E-state index < -0.39 is 0 Å². The standard InChI is InChI=1S/C18H24N2/c1-3-10-19-18(12-14-8-9-14)16-11-13(2)20-17-7-5-4-6-15(16)17/h4-7,11,14,18-19H,3,8-10,12H2,1-2H3. The molecule has 1 aliphatic rings. The number of benzene rings is 1. The maximum absolute atomic E-state index is 4.67. The molecule has 1 aromatic heterocycles. The number of para-hydroxylation sites is 1. The van der Waals surface area contributed by atoms with Crippen molar-refractivity contribution in [3.63, 3.8) is 0 Å². The van der Waals surface area contributed by atoms with E-state index in [9.17, 15) is 0 Å². The molecule has 0 saturated heterocycles. The van der Waals surface area contributed by atoms with Gasteiger partial charge in [-0.25, -0.2) is 0 Å². The second-order valence-corrected chi connectivity index (χ2v) is 6.06. The third-order valence-corrected chi connectivity index (χ3v) is 4.16. The summed E-state index contributed by atoms with van der Waals surface area (Å²) in [5.41, 5.74) is 3.69. The molecule has 1 saturated carbocycles. The fraction of sp³-hybridized carbons (Fsp3) is 0.500. The lowest BCUT2D eigenvalue weighted by molar-refractivity contribution is 0.476. The molecule has 1 atom stereocenters. The van der Waals surface area contributed by atoms with E-state index in [1.807, 2.05) is 0 Å². The molecule has 1 aliphatic carbocycles. The molecule has 2 nitrogen and oxygen atoms in total. The molecular weight excluding hydrogens is 244 g/mol. The number of hydrogen-bond donors (Lipinski definition) is 1. The molecule has 1 aromatic carbocycles. The van der Waals surface area contributed by atoms with E-state index in [0.717, 1.165) is 23.7 Å². The largest absolute Gasteiger partial charge is 0.310 e. The van der Waals surface area contributed by atoms with Crippen LogP contribution in [0.3, 0.4) is 0 Å². The van der Waals surface area contributed by atoms with Crippen molar-refractivity contribution in [2.75, 3.05) is 6.54 Å². The van der Waals surface area contributed by atoms with Crippen molar-refractivity contribution in [2.45, 2.75) is 45.6 Å². The van der Waals surface area contributed by atoms with Crippen LogP contribution in [0.1, 0.15) is 49.9 Å². The first-order valence-electron chi connectivity index (χ1n) is 7.87. The van der Waals surface area contributed by atoms with E-state index in [1.54, 1.807) is 0 Å². The molecule has 1 heterocycles. The fourth-order valence-electron chi connectivity index (χ4n) is 2.95. The van der Waals surface area contributed by atoms with Gasteiger partial charge in [-0.3, -0.25) is 4.98 Å². The zero-order valence-corrected chi connectivity index (χ0v) is 12.5. The number of fused-ring (bicyclic) bond motifs is 1. The quantitative estimate of drug-likeness (QED) is 0.840. The van der Waals surface area contributed by atoms with Gasteiger partial charge in [0, 0.05) is 17.1 Å². The third-order valence-electron chi connectivity index (χ3n) is 4.16. The second-order valence-electron chi connectivity index (χ2n) is 6.06. The average Bonchev–Trinajstić information content (AvgIpc) is 3.26. The molecule has 1 fully saturated rings. The van der Waals surface area contributed by atoms with Crippen LogP contribution >= 0.6 is 0 Å². The minimum absolute atomic E-state index is 0.481. The topological polar surface area (TPSA) is 24.9 Å². The lowest BCUT2D eigenvalue weighted by Gasteiger charge is -2.21. The van der Waals surface area contributed by atoms with Gasteiger partial charge in [-0.15, -0.1) is 0 Å². The van der Waals surface area contributed by atoms with Crippen molar-refractivity contribution >= 4 is 10.9 Å². The maximum Gasteiger partial charge on any atom is 0.0708 e. The van der Waals surface area contributed by atoms with E-state index in [0.29, 0.717) is 6.04 Å². The van der Waals surface area contributed by atoms with Crippen molar-refractivity contribution < 1.29 is 0 Å². The van der Waals surface area contributed by atoms with E-state index in [-0.39, 0.29) is 0 Å². The van der Waals surface area contributed by atoms with Gasteiger partial charge in [-0.05, 0) is 49.9 Å². The Morgan fingerprint density at radius 1 is 1.30 bits per heavy atom. The van der Waals surface area contributed by atoms with E-state index in [2.05, 4.69) is 54.5 Å². The number of hydrogen-bond acceptors (Lipinski definition) is 2. The minimum atomic E-state index is 0.481. The molecule has 1 N–H and O–H groups in total. The Labute approximate surface area is 121 Å². The summed E-state index contributed by atoms with van der Waals surface area (Å²) in [6.45, 7) is 5.42. The van der Waals surface area contributed by atoms with Crippen LogP contribution in [-0.2, 0) is 0 Å². The van der Waals surface area contributed by atoms with Gasteiger partial charge in [0.2, 0.25) is 0 Å². The summed E-state index contributed by atoms with van der Waals surface area (Å²) in [6, 6.07) is 11.3. The maximum atomic E-state index is 4.67. The summed E-state index contributed by atoms with van der Waals surface area (Å²) < 4.78 is 0. The summed E-state index contributed by atoms with van der Waals surface area (Å²) in [5, 5.41) is 5.06. The number of pyridine rings is 1. The molecule has 20 heavy (non-hydrogen) atoms. The van der Waals surface area contributed by atoms with Crippen molar-refractivity contribution in [3.8, 4) is 0 Å². The van der Waals surface area contributed by atoms with Crippen LogP contribution in [0.4, 0.5) is 0 Å². The van der Waals surface area contributed by atoms with Crippen LogP contribution in [-0.4, -0.2) is 11.5 Å². The first-order chi connectivity index (χ1) is 9.78. The van der Waals surface area contributed by atoms with Crippen molar-refractivity contribution in [1.82, 2.24) is 10.3 Å². The minimum Gasteiger partial charge on any atom is -0.310 e. The fourth-order valence-corrected chi connectivity index (χ4v) is 2.95. The van der Waals surface area contributed by atoms with Gasteiger partial charge in [0.1, 0.15) is 0 Å². The highest BCUT2D eigenvalue weighted by atomic mass is 14.9. The number of nitrogens with one attached hydrogen (secondary N) is 1. The summed E-state index contributed by atoms with van der Waals surface area (Å²) >= 11 is 0. The zero-order chi connectivity index (χ0) is 13.9. The average molecular weight is 268 g/mol. The molecule has 0 amide bonds. The third kappa shape index (κ3) is 3.01. The van der Waals surface area contributed by atoms with Gasteiger partial charge in [0.05, 0.1) is 5.52 Å². The van der Waals surface area contributed by atoms with Gasteiger partial charge < -0.3 is 5.32 Å². The van der Waals surface area contributed by atoms with Gasteiger partial charge in [0.25, 0.3) is 0 Å². The molecule has 0 radical (unpaired) electrons. The number of nitrogens with zero attached hydrogens (tertiary/aromatic N) is 1. The zero-order valence-electron chi connectivity index (χ0n) is 12.5. The number of aryl methyl sites for hydroxylation is 1. The monoisotopic (exact) mass is 268 g/mol. The Hall–Kier alpha value is -1.41. The van der Waals surface area contributed by atoms with Crippen molar-refractivity contribution in [1.29, 1.82) is 0 Å². The van der Waals surface area contributed by atoms with Crippen LogP contribution < -0.4 is 5.32 Å². The highest BCUT2D eigenvalue weighted by Crippen LogP contribution is 2.39. The first-order valence-corrected chi connectivity index (χ1v) is 7.87. The van der Waals surface area contributed by atoms with Gasteiger partial charge in [-0.1, -0.05) is 38.0 Å². The number of rotatable bonds is 6. The Morgan fingerprint density at radius 3 is 2.85 bits per heavy atom. The molecule has 106 valence electrons. The first kappa shape index (κ1) is 13.6. The normalized spacial score (nSPS) is 16.5. The SMILES string of the molecule is CCCNC(CC1CC1)c1cc(C)nc2ccccc12. The molecular formula is C18H24N2. The Bertz CT molecular complexity index is 587. The predicted molar refractivity (Wildman–Crippen MR) is 84.9 cm³/mol. The van der Waals surface area contributed by atoms with Crippen LogP contribution in [0.5, 0.6) is 0 Å². The van der Waals surface area contributed by atoms with Crippen molar-refractivity contribution in [2.24, 2.45) is 5.92 Å². The van der Waals surface area contributed by atoms with E-state index in [1.165, 1.54) is 36.6 Å². The van der Waals surface area contributed by atoms with Crippen LogP contribution in [0.2, 0.25) is 0 Å². The Balaban J connectivity index is 1.99. The summed E-state index contributed by atoms with van der Waals surface area (Å²) in [4.78, 5) is 4.67. The predicted octanol–water partition coefficient (Wildman–Crippen LogP) is 4.38. The highest BCUT2D eigenvalue weighted by molar-refractivity contribution is 5.82. The van der Waals surface area contributed by atoms with E-state index in [4.69, 9.17) is 0 Å². The van der Waals surface area contributed by atoms with Gasteiger partial charge >= 0.3 is 0 Å². The van der Waals surface area contributed by atoms with Crippen LogP contribution in [0.25, 0.3) is 10.9 Å². The van der Waals surface area contributed by atoms with Crippen molar-refractivity contribution in [3.05, 3.63) is 41.6 Å².